The number of nitrogens with one attached hydrogen (secondary N) is 3. The minimum Gasteiger partial charge on any atom is -0.465 e. The largest absolute Gasteiger partial charge is 0.465 e. The van der Waals surface area contributed by atoms with Gasteiger partial charge in [0.25, 0.3) is 0 Å². The molecule has 0 bridgehead atoms. The summed E-state index contributed by atoms with van der Waals surface area (Å²) < 4.78 is 4.71. The van der Waals surface area contributed by atoms with E-state index in [2.05, 4.69) is 25.9 Å². The van der Waals surface area contributed by atoms with E-state index >= 15 is 0 Å². The summed E-state index contributed by atoms with van der Waals surface area (Å²) in [5.74, 6) is 0.600. The third-order valence-corrected chi connectivity index (χ3v) is 4.85. The number of hydrogen-bond donors (Lipinski definition) is 3. The van der Waals surface area contributed by atoms with Crippen LogP contribution in [0.25, 0.3) is 0 Å². The minimum absolute atomic E-state index is 0.244. The van der Waals surface area contributed by atoms with E-state index < -0.39 is 0 Å². The Bertz CT molecular complexity index is 919. The molecule has 1 aliphatic rings. The molecule has 2 aromatic rings. The smallest absolute Gasteiger partial charge is 0.337 e. The second-order valence-electron chi connectivity index (χ2n) is 7.16. The maximum Gasteiger partial charge on any atom is 0.337 e. The topological polar surface area (TPSA) is 101 Å². The maximum absolute atomic E-state index is 11.6. The highest BCUT2D eigenvalue weighted by molar-refractivity contribution is 7.80. The van der Waals surface area contributed by atoms with Crippen LogP contribution in [0.1, 0.15) is 47.4 Å². The van der Waals surface area contributed by atoms with Crippen molar-refractivity contribution < 1.29 is 9.53 Å². The molecule has 0 aliphatic heterocycles. The van der Waals surface area contributed by atoms with Crippen molar-refractivity contribution in [1.82, 2.24) is 15.3 Å². The van der Waals surface area contributed by atoms with Crippen molar-refractivity contribution in [3.8, 4) is 0 Å². The van der Waals surface area contributed by atoms with Crippen LogP contribution in [0.15, 0.2) is 35.3 Å². The van der Waals surface area contributed by atoms with Crippen molar-refractivity contribution in [2.45, 2.75) is 45.6 Å². The molecule has 8 nitrogen and oxygen atoms in total. The van der Waals surface area contributed by atoms with E-state index in [-0.39, 0.29) is 12.0 Å². The third-order valence-electron chi connectivity index (χ3n) is 4.64. The number of carbonyl (C=O) groups is 1. The fourth-order valence-corrected chi connectivity index (χ4v) is 3.49. The van der Waals surface area contributed by atoms with Crippen molar-refractivity contribution in [2.24, 2.45) is 4.99 Å². The molecule has 0 atom stereocenters. The number of carbonyl (C=O) groups excluding carboxylic acids is 1. The quantitative estimate of drug-likeness (QED) is 0.295. The summed E-state index contributed by atoms with van der Waals surface area (Å²) >= 11 is 5.45. The number of aromatic nitrogens is 2. The van der Waals surface area contributed by atoms with Gasteiger partial charge in [-0.1, -0.05) is 12.8 Å². The molecule has 0 unspecified atom stereocenters. The van der Waals surface area contributed by atoms with Gasteiger partial charge in [0.2, 0.25) is 11.9 Å². The molecular formula is C21H26N6O2S. The van der Waals surface area contributed by atoms with Crippen LogP contribution in [-0.2, 0) is 4.74 Å². The summed E-state index contributed by atoms with van der Waals surface area (Å²) in [6.07, 6.45) is 4.46. The highest BCUT2D eigenvalue weighted by Gasteiger charge is 2.16. The van der Waals surface area contributed by atoms with Crippen LogP contribution in [-0.4, -0.2) is 40.2 Å². The molecule has 0 saturated heterocycles. The molecule has 3 rings (SSSR count). The molecule has 0 radical (unpaired) electrons. The lowest BCUT2D eigenvalue weighted by Crippen LogP contribution is -2.39. The Kier molecular flexibility index (Phi) is 7.29. The van der Waals surface area contributed by atoms with Crippen molar-refractivity contribution in [3.63, 3.8) is 0 Å². The average Bonchev–Trinajstić information content (AvgIpc) is 3.20. The molecule has 1 aliphatic carbocycles. The molecule has 1 saturated carbocycles. The van der Waals surface area contributed by atoms with Gasteiger partial charge in [-0.2, -0.15) is 0 Å². The molecule has 9 heteroatoms. The zero-order chi connectivity index (χ0) is 21.5. The average molecular weight is 427 g/mol. The molecule has 158 valence electrons. The zero-order valence-corrected chi connectivity index (χ0v) is 18.2. The highest BCUT2D eigenvalue weighted by atomic mass is 32.1. The fourth-order valence-electron chi connectivity index (χ4n) is 3.28. The lowest BCUT2D eigenvalue weighted by molar-refractivity contribution is 0.0601. The first-order valence-electron chi connectivity index (χ1n) is 9.86. The highest BCUT2D eigenvalue weighted by Crippen LogP contribution is 2.21. The predicted molar refractivity (Wildman–Crippen MR) is 122 cm³/mol. The lowest BCUT2D eigenvalue weighted by Gasteiger charge is -2.16. The number of hydrogen-bond acceptors (Lipinski definition) is 6. The number of esters is 1. The summed E-state index contributed by atoms with van der Waals surface area (Å²) in [7, 11) is 1.35. The van der Waals surface area contributed by atoms with Gasteiger partial charge >= 0.3 is 5.97 Å². The summed E-state index contributed by atoms with van der Waals surface area (Å²) in [5.41, 5.74) is 2.95. The Labute approximate surface area is 181 Å². The lowest BCUT2D eigenvalue weighted by atomic mass is 10.2. The first-order chi connectivity index (χ1) is 14.4. The van der Waals surface area contributed by atoms with Gasteiger partial charge in [-0.05, 0) is 69.2 Å². The van der Waals surface area contributed by atoms with E-state index in [9.17, 15) is 4.79 Å². The normalized spacial score (nSPS) is 14.3. The maximum atomic E-state index is 11.6. The summed E-state index contributed by atoms with van der Waals surface area (Å²) in [6, 6.07) is 9.02. The molecular weight excluding hydrogens is 400 g/mol. The number of thiocarbonyl (C=S) groups is 1. The minimum atomic E-state index is -0.383. The molecule has 30 heavy (non-hydrogen) atoms. The fraction of sp³-hybridized carbons (Fsp3) is 0.381. The number of benzene rings is 1. The number of ether oxygens (including phenoxy) is 1. The monoisotopic (exact) mass is 426 g/mol. The van der Waals surface area contributed by atoms with E-state index in [1.807, 2.05) is 19.9 Å². The van der Waals surface area contributed by atoms with Gasteiger partial charge in [-0.25, -0.2) is 19.8 Å². The van der Waals surface area contributed by atoms with Crippen LogP contribution >= 0.6 is 12.2 Å². The zero-order valence-electron chi connectivity index (χ0n) is 17.4. The summed E-state index contributed by atoms with van der Waals surface area (Å²) in [5, 5.41) is 9.75. The Morgan fingerprint density at radius 2 is 1.73 bits per heavy atom. The molecule has 0 amide bonds. The van der Waals surface area contributed by atoms with Crippen molar-refractivity contribution >= 4 is 40.9 Å². The van der Waals surface area contributed by atoms with Crippen molar-refractivity contribution in [1.29, 1.82) is 0 Å². The van der Waals surface area contributed by atoms with Crippen LogP contribution in [0.3, 0.4) is 0 Å². The number of nitrogens with zero attached hydrogens (tertiary/aromatic N) is 3. The second-order valence-corrected chi connectivity index (χ2v) is 7.57. The summed E-state index contributed by atoms with van der Waals surface area (Å²) in [6.45, 7) is 3.84. The number of aryl methyl sites for hydroxylation is 2. The first kappa shape index (κ1) is 21.6. The third kappa shape index (κ3) is 6.21. The summed E-state index contributed by atoms with van der Waals surface area (Å²) in [4.78, 5) is 25.2. The first-order valence-corrected chi connectivity index (χ1v) is 10.3. The van der Waals surface area contributed by atoms with Gasteiger partial charge < -0.3 is 15.4 Å². The standard InChI is InChI=1S/C21H26N6O2S/c1-13-12-14(2)23-19(22-13)26-20(24-16-6-4-5-7-16)27-21(30)25-17-10-8-15(9-11-17)18(28)29-3/h8-12,16H,4-7H2,1-3H3,(H3,22,23,24,25,26,27,30). The van der Waals surface area contributed by atoms with Crippen LogP contribution < -0.4 is 16.0 Å². The van der Waals surface area contributed by atoms with E-state index in [1.54, 1.807) is 24.3 Å². The van der Waals surface area contributed by atoms with E-state index in [0.29, 0.717) is 22.6 Å². The second kappa shape index (κ2) is 10.1. The molecule has 1 aromatic heterocycles. The number of aliphatic imine (C=N–C) groups is 1. The Morgan fingerprint density at radius 1 is 1.10 bits per heavy atom. The molecule has 0 spiro atoms. The van der Waals surface area contributed by atoms with Crippen LogP contribution in [0, 0.1) is 13.8 Å². The van der Waals surface area contributed by atoms with E-state index in [0.717, 1.165) is 29.9 Å². The van der Waals surface area contributed by atoms with E-state index in [4.69, 9.17) is 21.9 Å². The van der Waals surface area contributed by atoms with Gasteiger partial charge in [0.15, 0.2) is 5.11 Å². The molecule has 1 fully saturated rings. The Balaban J connectivity index is 1.70. The van der Waals surface area contributed by atoms with Crippen molar-refractivity contribution in [2.75, 3.05) is 17.7 Å². The van der Waals surface area contributed by atoms with Gasteiger partial charge in [0.1, 0.15) is 0 Å². The van der Waals surface area contributed by atoms with Gasteiger partial charge in [0.05, 0.1) is 18.7 Å². The van der Waals surface area contributed by atoms with Crippen LogP contribution in [0.2, 0.25) is 0 Å². The van der Waals surface area contributed by atoms with Gasteiger partial charge in [-0.3, -0.25) is 5.32 Å². The van der Waals surface area contributed by atoms with Crippen molar-refractivity contribution in [3.05, 3.63) is 47.3 Å². The SMILES string of the molecule is COC(=O)c1ccc(NC(=S)NC(=NC2CCCC2)Nc2nc(C)cc(C)n2)cc1. The number of anilines is 2. The molecule has 3 N–H and O–H groups in total. The number of methoxy groups -OCH3 is 1. The molecule has 1 heterocycles. The van der Waals surface area contributed by atoms with E-state index in [1.165, 1.54) is 20.0 Å². The number of rotatable bonds is 4. The van der Waals surface area contributed by atoms with Crippen LogP contribution in [0.5, 0.6) is 0 Å². The Morgan fingerprint density at radius 3 is 2.33 bits per heavy atom. The van der Waals surface area contributed by atoms with Crippen LogP contribution in [0.4, 0.5) is 11.6 Å². The number of guanidine groups is 1. The van der Waals surface area contributed by atoms with Gasteiger partial charge in [0, 0.05) is 17.1 Å². The van der Waals surface area contributed by atoms with Gasteiger partial charge in [-0.15, -0.1) is 0 Å². The molecule has 1 aromatic carbocycles. The Hall–Kier alpha value is -3.07. The predicted octanol–water partition coefficient (Wildman–Crippen LogP) is 3.58.